The van der Waals surface area contributed by atoms with Crippen molar-refractivity contribution in [3.05, 3.63) is 42.0 Å². The summed E-state index contributed by atoms with van der Waals surface area (Å²) in [7, 11) is 1.66. The highest BCUT2D eigenvalue weighted by Gasteiger charge is 2.26. The molecule has 1 heterocycles. The van der Waals surface area contributed by atoms with Crippen LogP contribution >= 0.6 is 0 Å². The first-order chi connectivity index (χ1) is 13.9. The van der Waals surface area contributed by atoms with Gasteiger partial charge < -0.3 is 15.0 Å². The molecule has 0 radical (unpaired) electrons. The van der Waals surface area contributed by atoms with Gasteiger partial charge in [-0.25, -0.2) is 0 Å². The topological polar surface area (TPSA) is 61.9 Å². The van der Waals surface area contributed by atoms with Crippen LogP contribution in [0.1, 0.15) is 32.3 Å². The van der Waals surface area contributed by atoms with E-state index in [2.05, 4.69) is 16.3 Å². The number of ether oxygens (including phenoxy) is 1. The molecule has 0 spiro atoms. The van der Waals surface area contributed by atoms with Gasteiger partial charge in [0, 0.05) is 32.2 Å². The summed E-state index contributed by atoms with van der Waals surface area (Å²) in [5.41, 5.74) is 1.02. The minimum absolute atomic E-state index is 0.0425. The maximum absolute atomic E-state index is 13.0. The smallest absolute Gasteiger partial charge is 0.234 e. The Bertz CT molecular complexity index is 873. The molecule has 2 amide bonds. The first kappa shape index (κ1) is 21.1. The summed E-state index contributed by atoms with van der Waals surface area (Å²) in [6, 6.07) is 12.3. The van der Waals surface area contributed by atoms with Crippen LogP contribution in [-0.2, 0) is 9.59 Å². The Labute approximate surface area is 172 Å². The average Bonchev–Trinajstić information content (AvgIpc) is 2.71. The molecule has 0 aromatic heterocycles. The summed E-state index contributed by atoms with van der Waals surface area (Å²) in [6.07, 6.45) is 0. The van der Waals surface area contributed by atoms with Crippen molar-refractivity contribution in [2.45, 2.75) is 32.7 Å². The Morgan fingerprint density at radius 1 is 1.00 bits per heavy atom. The predicted molar refractivity (Wildman–Crippen MR) is 115 cm³/mol. The lowest BCUT2D eigenvalue weighted by Gasteiger charge is -2.35. The predicted octanol–water partition coefficient (Wildman–Crippen LogP) is 2.62. The van der Waals surface area contributed by atoms with E-state index in [4.69, 9.17) is 4.74 Å². The molecule has 0 bridgehead atoms. The maximum atomic E-state index is 13.0. The highest BCUT2D eigenvalue weighted by molar-refractivity contribution is 5.88. The number of methoxy groups -OCH3 is 1. The van der Waals surface area contributed by atoms with Crippen LogP contribution < -0.4 is 10.1 Å². The number of piperazine rings is 1. The lowest BCUT2D eigenvalue weighted by Crippen LogP contribution is -2.52. The molecule has 1 aliphatic rings. The van der Waals surface area contributed by atoms with Gasteiger partial charge in [0.15, 0.2) is 0 Å². The van der Waals surface area contributed by atoms with Crippen molar-refractivity contribution in [1.29, 1.82) is 0 Å². The van der Waals surface area contributed by atoms with Crippen molar-refractivity contribution >= 4 is 22.6 Å². The normalized spacial score (nSPS) is 16.1. The minimum atomic E-state index is -0.197. The van der Waals surface area contributed by atoms with E-state index in [0.717, 1.165) is 35.2 Å². The van der Waals surface area contributed by atoms with E-state index in [-0.39, 0.29) is 23.8 Å². The van der Waals surface area contributed by atoms with Crippen molar-refractivity contribution in [3.63, 3.8) is 0 Å². The molecule has 29 heavy (non-hydrogen) atoms. The van der Waals surface area contributed by atoms with Crippen LogP contribution in [0.15, 0.2) is 36.4 Å². The summed E-state index contributed by atoms with van der Waals surface area (Å²) in [4.78, 5) is 29.0. The fourth-order valence-corrected chi connectivity index (χ4v) is 3.75. The quantitative estimate of drug-likeness (QED) is 0.814. The van der Waals surface area contributed by atoms with Crippen molar-refractivity contribution in [3.8, 4) is 5.75 Å². The van der Waals surface area contributed by atoms with Crippen LogP contribution in [0.2, 0.25) is 0 Å². The fourth-order valence-electron chi connectivity index (χ4n) is 3.75. The van der Waals surface area contributed by atoms with Crippen LogP contribution in [0.3, 0.4) is 0 Å². The second-order valence-electron chi connectivity index (χ2n) is 8.02. The number of hydrogen-bond donors (Lipinski definition) is 1. The molecule has 2 aromatic carbocycles. The summed E-state index contributed by atoms with van der Waals surface area (Å²) >= 11 is 0. The Morgan fingerprint density at radius 2 is 1.66 bits per heavy atom. The molecule has 6 nitrogen and oxygen atoms in total. The highest BCUT2D eigenvalue weighted by atomic mass is 16.5. The molecule has 6 heteroatoms. The van der Waals surface area contributed by atoms with E-state index in [1.807, 2.05) is 56.0 Å². The Morgan fingerprint density at radius 3 is 2.31 bits per heavy atom. The molecule has 1 fully saturated rings. The van der Waals surface area contributed by atoms with Gasteiger partial charge in [-0.2, -0.15) is 0 Å². The molecule has 0 saturated carbocycles. The van der Waals surface area contributed by atoms with E-state index in [1.165, 1.54) is 0 Å². The van der Waals surface area contributed by atoms with Gasteiger partial charge in [0.2, 0.25) is 11.8 Å². The van der Waals surface area contributed by atoms with Crippen molar-refractivity contribution < 1.29 is 14.3 Å². The van der Waals surface area contributed by atoms with Gasteiger partial charge in [0.25, 0.3) is 0 Å². The minimum Gasteiger partial charge on any atom is -0.497 e. The van der Waals surface area contributed by atoms with Gasteiger partial charge in [-0.3, -0.25) is 14.5 Å². The summed E-state index contributed by atoms with van der Waals surface area (Å²) in [5, 5.41) is 5.12. The van der Waals surface area contributed by atoms with Crippen molar-refractivity contribution in [1.82, 2.24) is 15.1 Å². The van der Waals surface area contributed by atoms with Crippen LogP contribution in [0.25, 0.3) is 10.8 Å². The first-order valence-corrected chi connectivity index (χ1v) is 10.3. The maximum Gasteiger partial charge on any atom is 0.234 e. The molecule has 0 aliphatic carbocycles. The van der Waals surface area contributed by atoms with E-state index in [9.17, 15) is 9.59 Å². The zero-order valence-corrected chi connectivity index (χ0v) is 17.8. The Kier molecular flexibility index (Phi) is 6.75. The standard InChI is InChI=1S/C23H31N3O3/c1-16(2)24-22(27)15-25-9-11-26(12-10-25)23(28)17(3)18-5-6-20-14-21(29-4)8-7-19(20)13-18/h5-8,13-14,16-17H,9-12,15H2,1-4H3,(H,24,27)/t17-/m1/s1. The molecule has 3 rings (SSSR count). The molecule has 1 saturated heterocycles. The van der Waals surface area contributed by atoms with Crippen LogP contribution in [0.5, 0.6) is 5.75 Å². The van der Waals surface area contributed by atoms with E-state index in [0.29, 0.717) is 19.6 Å². The molecule has 0 unspecified atom stereocenters. The summed E-state index contributed by atoms with van der Waals surface area (Å²) in [5.74, 6) is 0.816. The third-order valence-corrected chi connectivity index (χ3v) is 5.44. The lowest BCUT2D eigenvalue weighted by molar-refractivity contribution is -0.134. The van der Waals surface area contributed by atoms with Gasteiger partial charge in [0.1, 0.15) is 5.75 Å². The van der Waals surface area contributed by atoms with E-state index in [1.54, 1.807) is 7.11 Å². The number of carbonyl (C=O) groups is 2. The second kappa shape index (κ2) is 9.27. The van der Waals surface area contributed by atoms with Crippen molar-refractivity contribution in [2.24, 2.45) is 0 Å². The third-order valence-electron chi connectivity index (χ3n) is 5.44. The van der Waals surface area contributed by atoms with Crippen molar-refractivity contribution in [2.75, 3.05) is 39.8 Å². The Balaban J connectivity index is 1.59. The zero-order valence-electron chi connectivity index (χ0n) is 17.8. The van der Waals surface area contributed by atoms with E-state index >= 15 is 0 Å². The summed E-state index contributed by atoms with van der Waals surface area (Å²) < 4.78 is 5.28. The third kappa shape index (κ3) is 5.26. The number of hydrogen-bond acceptors (Lipinski definition) is 4. The Hall–Kier alpha value is -2.60. The number of rotatable bonds is 6. The first-order valence-electron chi connectivity index (χ1n) is 10.3. The molecular formula is C23H31N3O3. The van der Waals surface area contributed by atoms with Gasteiger partial charge in [0.05, 0.1) is 19.6 Å². The van der Waals surface area contributed by atoms with Gasteiger partial charge in [-0.05, 0) is 49.2 Å². The molecule has 1 atom stereocenters. The highest BCUT2D eigenvalue weighted by Crippen LogP contribution is 2.26. The molecule has 2 aromatic rings. The number of amides is 2. The number of fused-ring (bicyclic) bond motifs is 1. The monoisotopic (exact) mass is 397 g/mol. The van der Waals surface area contributed by atoms with Crippen LogP contribution in [0.4, 0.5) is 0 Å². The molecule has 1 aliphatic heterocycles. The largest absolute Gasteiger partial charge is 0.497 e. The van der Waals surface area contributed by atoms with Gasteiger partial charge in [-0.1, -0.05) is 24.3 Å². The lowest BCUT2D eigenvalue weighted by atomic mass is 9.96. The van der Waals surface area contributed by atoms with Crippen LogP contribution in [0, 0.1) is 0 Å². The molecular weight excluding hydrogens is 366 g/mol. The molecule has 156 valence electrons. The van der Waals surface area contributed by atoms with E-state index < -0.39 is 0 Å². The molecule has 1 N–H and O–H groups in total. The number of nitrogens with zero attached hydrogens (tertiary/aromatic N) is 2. The zero-order chi connectivity index (χ0) is 21.0. The van der Waals surface area contributed by atoms with Crippen LogP contribution in [-0.4, -0.2) is 67.5 Å². The fraction of sp³-hybridized carbons (Fsp3) is 0.478. The number of carbonyl (C=O) groups excluding carboxylic acids is 2. The number of nitrogens with one attached hydrogen (secondary N) is 1. The summed E-state index contributed by atoms with van der Waals surface area (Å²) in [6.45, 7) is 9.03. The second-order valence-corrected chi connectivity index (χ2v) is 8.02. The SMILES string of the molecule is COc1ccc2cc([C@@H](C)C(=O)N3CCN(CC(=O)NC(C)C)CC3)ccc2c1. The van der Waals surface area contributed by atoms with Gasteiger partial charge >= 0.3 is 0 Å². The van der Waals surface area contributed by atoms with Gasteiger partial charge in [-0.15, -0.1) is 0 Å². The number of benzene rings is 2. The average molecular weight is 398 g/mol.